The summed E-state index contributed by atoms with van der Waals surface area (Å²) in [5.41, 5.74) is 0. The summed E-state index contributed by atoms with van der Waals surface area (Å²) in [6.45, 7) is 0.692. The molecule has 3 aliphatic heterocycles. The van der Waals surface area contributed by atoms with E-state index in [9.17, 15) is 9.59 Å². The van der Waals surface area contributed by atoms with Gasteiger partial charge in [-0.2, -0.15) is 0 Å². The summed E-state index contributed by atoms with van der Waals surface area (Å²) in [5.74, 6) is -0.582. The van der Waals surface area contributed by atoms with Crippen LogP contribution in [0.4, 0.5) is 0 Å². The van der Waals surface area contributed by atoms with Crippen LogP contribution in [0.25, 0.3) is 0 Å². The molecular formula is C15H24N2O4. The SMILES string of the molecule is CN1C2CCC1CC(CNC(=O)[C@@H]1CC[C@H](C(=O)O)O1)C2. The lowest BCUT2D eigenvalue weighted by molar-refractivity contribution is -0.151. The number of rotatable bonds is 4. The molecule has 3 rings (SSSR count). The Labute approximate surface area is 124 Å². The number of nitrogens with one attached hydrogen (secondary N) is 1. The molecule has 3 aliphatic rings. The highest BCUT2D eigenvalue weighted by atomic mass is 16.5. The summed E-state index contributed by atoms with van der Waals surface area (Å²) in [5, 5.41) is 11.8. The van der Waals surface area contributed by atoms with Crippen molar-refractivity contribution in [3.63, 3.8) is 0 Å². The normalized spacial score (nSPS) is 39.4. The van der Waals surface area contributed by atoms with Gasteiger partial charge in [-0.3, -0.25) is 4.79 Å². The lowest BCUT2D eigenvalue weighted by atomic mass is 9.91. The van der Waals surface area contributed by atoms with Crippen LogP contribution in [-0.4, -0.2) is 59.8 Å². The summed E-state index contributed by atoms with van der Waals surface area (Å²) in [6, 6.07) is 1.34. The largest absolute Gasteiger partial charge is 0.479 e. The lowest BCUT2D eigenvalue weighted by Crippen LogP contribution is -2.44. The molecule has 0 spiro atoms. The van der Waals surface area contributed by atoms with Crippen molar-refractivity contribution in [2.45, 2.75) is 62.8 Å². The van der Waals surface area contributed by atoms with Crippen LogP contribution in [-0.2, 0) is 14.3 Å². The Morgan fingerprint density at radius 3 is 2.33 bits per heavy atom. The molecule has 4 atom stereocenters. The number of fused-ring (bicyclic) bond motifs is 2. The molecule has 2 bridgehead atoms. The summed E-state index contributed by atoms with van der Waals surface area (Å²) in [6.07, 6.45) is 4.37. The molecule has 21 heavy (non-hydrogen) atoms. The molecule has 0 aromatic heterocycles. The van der Waals surface area contributed by atoms with Gasteiger partial charge in [0.2, 0.25) is 5.91 Å². The molecule has 3 heterocycles. The van der Waals surface area contributed by atoms with Gasteiger partial charge in [-0.15, -0.1) is 0 Å². The maximum absolute atomic E-state index is 12.1. The van der Waals surface area contributed by atoms with Gasteiger partial charge in [0.15, 0.2) is 6.10 Å². The van der Waals surface area contributed by atoms with E-state index in [1.165, 1.54) is 12.8 Å². The van der Waals surface area contributed by atoms with Crippen molar-refractivity contribution in [3.8, 4) is 0 Å². The summed E-state index contributed by atoms with van der Waals surface area (Å²) in [4.78, 5) is 25.4. The van der Waals surface area contributed by atoms with E-state index < -0.39 is 18.2 Å². The summed E-state index contributed by atoms with van der Waals surface area (Å²) < 4.78 is 5.28. The van der Waals surface area contributed by atoms with E-state index in [0.717, 1.165) is 12.8 Å². The van der Waals surface area contributed by atoms with Gasteiger partial charge in [0.25, 0.3) is 0 Å². The van der Waals surface area contributed by atoms with Crippen LogP contribution in [0.2, 0.25) is 0 Å². The fourth-order valence-corrected chi connectivity index (χ4v) is 4.06. The van der Waals surface area contributed by atoms with Crippen molar-refractivity contribution in [1.82, 2.24) is 10.2 Å². The van der Waals surface area contributed by atoms with Crippen molar-refractivity contribution in [1.29, 1.82) is 0 Å². The first-order valence-corrected chi connectivity index (χ1v) is 7.92. The molecule has 0 aromatic rings. The zero-order valence-corrected chi connectivity index (χ0v) is 12.5. The fraction of sp³-hybridized carbons (Fsp3) is 0.867. The van der Waals surface area contributed by atoms with E-state index in [4.69, 9.17) is 9.84 Å². The van der Waals surface area contributed by atoms with Crippen LogP contribution in [0.3, 0.4) is 0 Å². The zero-order valence-electron chi connectivity index (χ0n) is 12.5. The summed E-state index contributed by atoms with van der Waals surface area (Å²) >= 11 is 0. The average Bonchev–Trinajstić information content (AvgIpc) is 3.00. The summed E-state index contributed by atoms with van der Waals surface area (Å²) in [7, 11) is 2.20. The molecule has 1 amide bonds. The lowest BCUT2D eigenvalue weighted by Gasteiger charge is -2.36. The van der Waals surface area contributed by atoms with Gasteiger partial charge in [-0.25, -0.2) is 4.79 Å². The predicted octanol–water partition coefficient (Wildman–Crippen LogP) is 0.608. The molecule has 0 aliphatic carbocycles. The monoisotopic (exact) mass is 296 g/mol. The molecule has 118 valence electrons. The van der Waals surface area contributed by atoms with Gasteiger partial charge < -0.3 is 20.1 Å². The van der Waals surface area contributed by atoms with Gasteiger partial charge in [0.05, 0.1) is 0 Å². The van der Waals surface area contributed by atoms with Crippen LogP contribution in [0.15, 0.2) is 0 Å². The number of nitrogens with zero attached hydrogens (tertiary/aromatic N) is 1. The highest BCUT2D eigenvalue weighted by Crippen LogP contribution is 2.37. The van der Waals surface area contributed by atoms with E-state index in [1.807, 2.05) is 0 Å². The number of carboxylic acids is 1. The molecule has 3 saturated heterocycles. The van der Waals surface area contributed by atoms with Crippen molar-refractivity contribution in [2.75, 3.05) is 13.6 Å². The van der Waals surface area contributed by atoms with Gasteiger partial charge in [0.1, 0.15) is 6.10 Å². The van der Waals surface area contributed by atoms with Crippen molar-refractivity contribution in [2.24, 2.45) is 5.92 Å². The number of carbonyl (C=O) groups is 2. The van der Waals surface area contributed by atoms with E-state index in [2.05, 4.69) is 17.3 Å². The number of hydrogen-bond donors (Lipinski definition) is 2. The minimum atomic E-state index is -0.975. The maximum atomic E-state index is 12.1. The number of carboxylic acid groups (broad SMARTS) is 1. The first kappa shape index (κ1) is 14.8. The second kappa shape index (κ2) is 5.93. The van der Waals surface area contributed by atoms with Gasteiger partial charge >= 0.3 is 5.97 Å². The molecule has 0 aromatic carbocycles. The topological polar surface area (TPSA) is 78.9 Å². The molecule has 0 saturated carbocycles. The second-order valence-corrected chi connectivity index (χ2v) is 6.66. The first-order valence-electron chi connectivity index (χ1n) is 7.92. The Hall–Kier alpha value is -1.14. The van der Waals surface area contributed by atoms with Crippen molar-refractivity contribution >= 4 is 11.9 Å². The highest BCUT2D eigenvalue weighted by Gasteiger charge is 2.39. The smallest absolute Gasteiger partial charge is 0.332 e. The van der Waals surface area contributed by atoms with Crippen LogP contribution >= 0.6 is 0 Å². The van der Waals surface area contributed by atoms with Gasteiger partial charge in [0, 0.05) is 18.6 Å². The van der Waals surface area contributed by atoms with Crippen LogP contribution < -0.4 is 5.32 Å². The minimum absolute atomic E-state index is 0.148. The van der Waals surface area contributed by atoms with Gasteiger partial charge in [-0.05, 0) is 51.5 Å². The molecule has 6 nitrogen and oxygen atoms in total. The Kier molecular flexibility index (Phi) is 4.17. The second-order valence-electron chi connectivity index (χ2n) is 6.66. The Morgan fingerprint density at radius 1 is 1.14 bits per heavy atom. The Morgan fingerprint density at radius 2 is 1.76 bits per heavy atom. The maximum Gasteiger partial charge on any atom is 0.332 e. The first-order chi connectivity index (χ1) is 10.0. The molecule has 0 radical (unpaired) electrons. The standard InChI is InChI=1S/C15H24N2O4/c1-17-10-2-3-11(17)7-9(6-10)8-16-14(18)12-4-5-13(21-12)15(19)20/h9-13H,2-8H2,1H3,(H,16,18)(H,19,20)/t9?,10?,11?,12-,13+/m0/s1. The quantitative estimate of drug-likeness (QED) is 0.794. The van der Waals surface area contributed by atoms with Gasteiger partial charge in [-0.1, -0.05) is 0 Å². The number of amides is 1. The van der Waals surface area contributed by atoms with E-state index in [-0.39, 0.29) is 5.91 Å². The minimum Gasteiger partial charge on any atom is -0.479 e. The molecule has 2 unspecified atom stereocenters. The third-order valence-corrected chi connectivity index (χ3v) is 5.35. The van der Waals surface area contributed by atoms with E-state index in [1.54, 1.807) is 0 Å². The van der Waals surface area contributed by atoms with Crippen molar-refractivity contribution in [3.05, 3.63) is 0 Å². The molecule has 6 heteroatoms. The Bertz CT molecular complexity index is 414. The average molecular weight is 296 g/mol. The molecular weight excluding hydrogens is 272 g/mol. The van der Waals surface area contributed by atoms with E-state index >= 15 is 0 Å². The van der Waals surface area contributed by atoms with Crippen LogP contribution in [0.5, 0.6) is 0 Å². The van der Waals surface area contributed by atoms with Crippen LogP contribution in [0.1, 0.15) is 38.5 Å². The molecule has 2 N–H and O–H groups in total. The number of piperidine rings is 1. The molecule has 3 fully saturated rings. The third-order valence-electron chi connectivity index (χ3n) is 5.35. The number of carbonyl (C=O) groups excluding carboxylic acids is 1. The predicted molar refractivity (Wildman–Crippen MR) is 75.8 cm³/mol. The van der Waals surface area contributed by atoms with Crippen LogP contribution in [0, 0.1) is 5.92 Å². The fourth-order valence-electron chi connectivity index (χ4n) is 4.06. The Balaban J connectivity index is 1.44. The number of aliphatic carboxylic acids is 1. The number of ether oxygens (including phenoxy) is 1. The highest BCUT2D eigenvalue weighted by molar-refractivity contribution is 5.82. The van der Waals surface area contributed by atoms with Crippen molar-refractivity contribution < 1.29 is 19.4 Å². The zero-order chi connectivity index (χ0) is 15.0. The number of hydrogen-bond acceptors (Lipinski definition) is 4. The third kappa shape index (κ3) is 3.06. The van der Waals surface area contributed by atoms with E-state index in [0.29, 0.717) is 37.4 Å².